The first-order valence-electron chi connectivity index (χ1n) is 6.48. The second-order valence-corrected chi connectivity index (χ2v) is 5.10. The van der Waals surface area contributed by atoms with Gasteiger partial charge in [-0.15, -0.1) is 0 Å². The molecule has 0 saturated carbocycles. The molecule has 1 fully saturated rings. The normalized spacial score (nSPS) is 21.6. The molecule has 1 aromatic carbocycles. The maximum absolute atomic E-state index is 13.6. The molecule has 1 aliphatic heterocycles. The van der Waals surface area contributed by atoms with Crippen molar-refractivity contribution in [2.24, 2.45) is 11.7 Å². The molecule has 3 nitrogen and oxygen atoms in total. The first kappa shape index (κ1) is 13.9. The molecule has 1 heterocycles. The lowest BCUT2D eigenvalue weighted by Crippen LogP contribution is -2.43. The summed E-state index contributed by atoms with van der Waals surface area (Å²) in [4.78, 5) is 13.6. The fraction of sp³-hybridized carbons (Fsp3) is 0.500. The zero-order valence-corrected chi connectivity index (χ0v) is 10.9. The van der Waals surface area contributed by atoms with Crippen molar-refractivity contribution in [3.05, 3.63) is 35.4 Å². The Bertz CT molecular complexity index is 479. The number of carbonyl (C=O) groups is 1. The van der Waals surface area contributed by atoms with Crippen molar-refractivity contribution >= 4 is 5.91 Å². The third-order valence-corrected chi connectivity index (χ3v) is 3.57. The predicted molar refractivity (Wildman–Crippen MR) is 68.3 cm³/mol. The van der Waals surface area contributed by atoms with Gasteiger partial charge >= 0.3 is 0 Å². The van der Waals surface area contributed by atoms with Crippen molar-refractivity contribution in [3.8, 4) is 0 Å². The van der Waals surface area contributed by atoms with Gasteiger partial charge in [-0.3, -0.25) is 4.79 Å². The van der Waals surface area contributed by atoms with E-state index >= 15 is 0 Å². The number of rotatable bonds is 3. The molecule has 0 aliphatic carbocycles. The van der Waals surface area contributed by atoms with E-state index in [1.165, 1.54) is 0 Å². The topological polar surface area (TPSA) is 46.3 Å². The van der Waals surface area contributed by atoms with Gasteiger partial charge in [0.1, 0.15) is 11.6 Å². The van der Waals surface area contributed by atoms with E-state index in [4.69, 9.17) is 5.73 Å². The van der Waals surface area contributed by atoms with E-state index in [0.29, 0.717) is 6.54 Å². The van der Waals surface area contributed by atoms with Crippen LogP contribution in [0.4, 0.5) is 8.78 Å². The minimum Gasteiger partial charge on any atom is -0.341 e. The monoisotopic (exact) mass is 268 g/mol. The van der Waals surface area contributed by atoms with Gasteiger partial charge in [0.25, 0.3) is 0 Å². The lowest BCUT2D eigenvalue weighted by atomic mass is 9.97. The van der Waals surface area contributed by atoms with Crippen molar-refractivity contribution in [2.45, 2.75) is 25.8 Å². The summed E-state index contributed by atoms with van der Waals surface area (Å²) in [6.07, 6.45) is 1.80. The lowest BCUT2D eigenvalue weighted by molar-refractivity contribution is -0.138. The Balaban J connectivity index is 2.10. The molecule has 2 unspecified atom stereocenters. The largest absolute Gasteiger partial charge is 0.341 e. The molecule has 2 rings (SSSR count). The smallest absolute Gasteiger partial charge is 0.225 e. The van der Waals surface area contributed by atoms with E-state index in [1.807, 2.05) is 6.92 Å². The first-order chi connectivity index (χ1) is 8.99. The lowest BCUT2D eigenvalue weighted by Gasteiger charge is -2.32. The summed E-state index contributed by atoms with van der Waals surface area (Å²) in [5.74, 6) is -1.03. The minimum atomic E-state index is -0.704. The van der Waals surface area contributed by atoms with Gasteiger partial charge in [0, 0.05) is 24.6 Å². The zero-order chi connectivity index (χ0) is 14.0. The van der Waals surface area contributed by atoms with Crippen molar-refractivity contribution < 1.29 is 13.6 Å². The highest BCUT2D eigenvalue weighted by Gasteiger charge is 2.27. The van der Waals surface area contributed by atoms with Crippen LogP contribution in [0.1, 0.15) is 31.4 Å². The molecule has 0 aromatic heterocycles. The number of piperidine rings is 1. The van der Waals surface area contributed by atoms with Gasteiger partial charge < -0.3 is 10.6 Å². The molecule has 2 N–H and O–H groups in total. The third kappa shape index (κ3) is 3.10. The number of hydrogen-bond donors (Lipinski definition) is 1. The van der Waals surface area contributed by atoms with Gasteiger partial charge in [0.2, 0.25) is 5.91 Å². The second-order valence-electron chi connectivity index (χ2n) is 5.10. The molecule has 1 amide bonds. The average Bonchev–Trinajstić information content (AvgIpc) is 2.38. The summed E-state index contributed by atoms with van der Waals surface area (Å²) in [6.45, 7) is 2.74. The molecule has 1 saturated heterocycles. The van der Waals surface area contributed by atoms with E-state index in [0.717, 1.165) is 31.0 Å². The first-order valence-corrected chi connectivity index (χ1v) is 6.48. The molecule has 19 heavy (non-hydrogen) atoms. The van der Waals surface area contributed by atoms with Crippen molar-refractivity contribution in [3.63, 3.8) is 0 Å². The Morgan fingerprint density at radius 3 is 2.95 bits per heavy atom. The molecular formula is C14H18F2N2O. The quantitative estimate of drug-likeness (QED) is 0.913. The molecule has 1 aliphatic rings. The van der Waals surface area contributed by atoms with Crippen LogP contribution in [0.3, 0.4) is 0 Å². The minimum absolute atomic E-state index is 0.0155. The van der Waals surface area contributed by atoms with Crippen LogP contribution in [0.5, 0.6) is 0 Å². The van der Waals surface area contributed by atoms with E-state index in [-0.39, 0.29) is 23.9 Å². The summed E-state index contributed by atoms with van der Waals surface area (Å²) in [6, 6.07) is 2.51. The Kier molecular flexibility index (Phi) is 4.14. The molecule has 0 radical (unpaired) electrons. The van der Waals surface area contributed by atoms with Gasteiger partial charge in [-0.1, -0.05) is 6.92 Å². The average molecular weight is 268 g/mol. The van der Waals surface area contributed by atoms with Gasteiger partial charge in [0.15, 0.2) is 0 Å². The second kappa shape index (κ2) is 5.65. The van der Waals surface area contributed by atoms with E-state index < -0.39 is 17.7 Å². The van der Waals surface area contributed by atoms with Crippen LogP contribution < -0.4 is 5.73 Å². The number of likely N-dealkylation sites (tertiary alicyclic amines) is 1. The molecule has 5 heteroatoms. The number of nitrogens with zero attached hydrogens (tertiary/aromatic N) is 1. The van der Waals surface area contributed by atoms with E-state index in [9.17, 15) is 13.6 Å². The molecule has 2 atom stereocenters. The SMILES string of the molecule is CC1CCCN(CC(N)c2cc(F)ccc2F)C1=O. The van der Waals surface area contributed by atoms with E-state index in [1.54, 1.807) is 4.90 Å². The summed E-state index contributed by atoms with van der Waals surface area (Å²) in [5.41, 5.74) is 6.02. The highest BCUT2D eigenvalue weighted by atomic mass is 19.1. The van der Waals surface area contributed by atoms with Crippen LogP contribution in [0.2, 0.25) is 0 Å². The van der Waals surface area contributed by atoms with Crippen LogP contribution in [-0.2, 0) is 4.79 Å². The molecule has 0 bridgehead atoms. The van der Waals surface area contributed by atoms with Crippen molar-refractivity contribution in [1.82, 2.24) is 4.90 Å². The molecular weight excluding hydrogens is 250 g/mol. The highest BCUT2D eigenvalue weighted by molar-refractivity contribution is 5.79. The number of amides is 1. The maximum Gasteiger partial charge on any atom is 0.225 e. The van der Waals surface area contributed by atoms with Crippen LogP contribution in [0.15, 0.2) is 18.2 Å². The van der Waals surface area contributed by atoms with Gasteiger partial charge in [-0.25, -0.2) is 8.78 Å². The summed E-state index contributed by atoms with van der Waals surface area (Å²) in [7, 11) is 0. The third-order valence-electron chi connectivity index (χ3n) is 3.57. The summed E-state index contributed by atoms with van der Waals surface area (Å²) >= 11 is 0. The number of hydrogen-bond acceptors (Lipinski definition) is 2. The molecule has 0 spiro atoms. The van der Waals surface area contributed by atoms with Crippen LogP contribution in [-0.4, -0.2) is 23.9 Å². The summed E-state index contributed by atoms with van der Waals surface area (Å²) in [5, 5.41) is 0. The van der Waals surface area contributed by atoms with Crippen molar-refractivity contribution in [2.75, 3.05) is 13.1 Å². The van der Waals surface area contributed by atoms with Gasteiger partial charge in [-0.2, -0.15) is 0 Å². The van der Waals surface area contributed by atoms with E-state index in [2.05, 4.69) is 0 Å². The van der Waals surface area contributed by atoms with Gasteiger partial charge in [0.05, 0.1) is 6.04 Å². The Morgan fingerprint density at radius 1 is 1.47 bits per heavy atom. The van der Waals surface area contributed by atoms with Crippen LogP contribution in [0, 0.1) is 17.6 Å². The highest BCUT2D eigenvalue weighted by Crippen LogP contribution is 2.22. The standard InChI is InChI=1S/C14H18F2N2O/c1-9-3-2-6-18(14(9)19)8-13(17)11-7-10(15)4-5-12(11)16/h4-5,7,9,13H,2-3,6,8,17H2,1H3. The number of carbonyl (C=O) groups excluding carboxylic acids is 1. The molecule has 104 valence electrons. The number of halogens is 2. The fourth-order valence-electron chi connectivity index (χ4n) is 2.45. The Morgan fingerprint density at radius 2 is 2.21 bits per heavy atom. The Labute approximate surface area is 111 Å². The molecule has 1 aromatic rings. The summed E-state index contributed by atoms with van der Waals surface area (Å²) < 4.78 is 26.7. The maximum atomic E-state index is 13.6. The van der Waals surface area contributed by atoms with Crippen LogP contribution in [0.25, 0.3) is 0 Å². The van der Waals surface area contributed by atoms with Crippen LogP contribution >= 0.6 is 0 Å². The zero-order valence-electron chi connectivity index (χ0n) is 10.9. The fourth-order valence-corrected chi connectivity index (χ4v) is 2.45. The number of benzene rings is 1. The predicted octanol–water partition coefficient (Wildman–Crippen LogP) is 2.22. The Hall–Kier alpha value is -1.49. The van der Waals surface area contributed by atoms with Crippen molar-refractivity contribution in [1.29, 1.82) is 0 Å². The number of nitrogens with two attached hydrogens (primary N) is 1. The van der Waals surface area contributed by atoms with Gasteiger partial charge in [-0.05, 0) is 31.0 Å².